The number of nitrogens with zero attached hydrogens (tertiary/aromatic N) is 1. The van der Waals surface area contributed by atoms with Gasteiger partial charge < -0.3 is 10.0 Å². The van der Waals surface area contributed by atoms with Crippen molar-refractivity contribution in [3.8, 4) is 0 Å². The van der Waals surface area contributed by atoms with Crippen LogP contribution < -0.4 is 0 Å². The smallest absolute Gasteiger partial charge is 0.222 e. The van der Waals surface area contributed by atoms with Crippen LogP contribution >= 0.6 is 0 Å². The lowest BCUT2D eigenvalue weighted by Crippen LogP contribution is -2.63. The van der Waals surface area contributed by atoms with Crippen LogP contribution in [0.3, 0.4) is 0 Å². The summed E-state index contributed by atoms with van der Waals surface area (Å²) in [5, 5.41) is 9.63. The summed E-state index contributed by atoms with van der Waals surface area (Å²) in [6.07, 6.45) is 3.38. The molecule has 3 heteroatoms. The van der Waals surface area contributed by atoms with E-state index in [1.165, 1.54) is 0 Å². The Labute approximate surface area is 85.1 Å². The first-order chi connectivity index (χ1) is 6.53. The molecule has 0 aromatic carbocycles. The molecule has 2 fully saturated rings. The van der Waals surface area contributed by atoms with Crippen molar-refractivity contribution in [3.05, 3.63) is 0 Å². The molecule has 2 rings (SSSR count). The van der Waals surface area contributed by atoms with Crippen molar-refractivity contribution in [1.82, 2.24) is 4.90 Å². The summed E-state index contributed by atoms with van der Waals surface area (Å²) in [5.41, 5.74) is -0.104. The minimum atomic E-state index is -0.234. The Bertz CT molecular complexity index is 250. The predicted molar refractivity (Wildman–Crippen MR) is 53.8 cm³/mol. The first-order valence-corrected chi connectivity index (χ1v) is 5.51. The van der Waals surface area contributed by atoms with Gasteiger partial charge in [0, 0.05) is 24.4 Å². The molecule has 0 spiro atoms. The number of aliphatic hydroxyl groups excluding tert-OH is 1. The second-order valence-electron chi connectivity index (χ2n) is 5.13. The molecule has 2 unspecified atom stereocenters. The zero-order valence-corrected chi connectivity index (χ0v) is 8.99. The van der Waals surface area contributed by atoms with E-state index in [9.17, 15) is 9.90 Å². The maximum absolute atomic E-state index is 11.7. The van der Waals surface area contributed by atoms with Gasteiger partial charge in [-0.15, -0.1) is 0 Å². The van der Waals surface area contributed by atoms with Gasteiger partial charge in [0.2, 0.25) is 5.91 Å². The fourth-order valence-corrected chi connectivity index (χ4v) is 2.57. The minimum Gasteiger partial charge on any atom is -0.392 e. The van der Waals surface area contributed by atoms with Gasteiger partial charge in [-0.3, -0.25) is 4.79 Å². The highest BCUT2D eigenvalue weighted by Crippen LogP contribution is 2.44. The summed E-state index contributed by atoms with van der Waals surface area (Å²) in [6.45, 7) is 4.99. The number of rotatable bonds is 1. The number of piperidine rings is 1. The van der Waals surface area contributed by atoms with E-state index in [0.29, 0.717) is 6.42 Å². The molecular formula is C11H19NO2. The van der Waals surface area contributed by atoms with Crippen LogP contribution in [0.1, 0.15) is 39.5 Å². The first-order valence-electron chi connectivity index (χ1n) is 5.51. The number of carbonyl (C=O) groups is 1. The van der Waals surface area contributed by atoms with Crippen LogP contribution in [-0.4, -0.2) is 34.6 Å². The molecule has 80 valence electrons. The predicted octanol–water partition coefficient (Wildman–Crippen LogP) is 1.16. The summed E-state index contributed by atoms with van der Waals surface area (Å²) in [7, 11) is 0. The molecule has 1 amide bonds. The number of hydrogen-bond acceptors (Lipinski definition) is 2. The van der Waals surface area contributed by atoms with Crippen LogP contribution in [0.5, 0.6) is 0 Å². The molecule has 14 heavy (non-hydrogen) atoms. The summed E-state index contributed by atoms with van der Waals surface area (Å²) in [4.78, 5) is 13.6. The molecule has 0 bridgehead atoms. The second-order valence-corrected chi connectivity index (χ2v) is 5.13. The number of amides is 1. The standard InChI is InChI=1S/C11H19NO2/c1-11(2)8(7-9(11)13)12-6-4-3-5-10(12)14/h8-9,13H,3-7H2,1-2H3. The Kier molecular flexibility index (Phi) is 2.30. The van der Waals surface area contributed by atoms with Gasteiger partial charge >= 0.3 is 0 Å². The molecular weight excluding hydrogens is 178 g/mol. The average Bonchev–Trinajstić information content (AvgIpc) is 2.16. The molecule has 1 aliphatic carbocycles. The van der Waals surface area contributed by atoms with Gasteiger partial charge in [-0.2, -0.15) is 0 Å². The molecule has 0 aromatic heterocycles. The quantitative estimate of drug-likeness (QED) is 0.685. The Morgan fingerprint density at radius 2 is 2.14 bits per heavy atom. The van der Waals surface area contributed by atoms with E-state index in [0.717, 1.165) is 25.8 Å². The fourth-order valence-electron chi connectivity index (χ4n) is 2.57. The highest BCUT2D eigenvalue weighted by Gasteiger charge is 2.51. The van der Waals surface area contributed by atoms with Gasteiger partial charge in [0.05, 0.1) is 6.10 Å². The Morgan fingerprint density at radius 1 is 1.43 bits per heavy atom. The van der Waals surface area contributed by atoms with Crippen molar-refractivity contribution in [3.63, 3.8) is 0 Å². The lowest BCUT2D eigenvalue weighted by molar-refractivity contribution is -0.158. The zero-order chi connectivity index (χ0) is 10.3. The maximum atomic E-state index is 11.7. The molecule has 1 N–H and O–H groups in total. The van der Waals surface area contributed by atoms with Crippen molar-refractivity contribution in [2.24, 2.45) is 5.41 Å². The Morgan fingerprint density at radius 3 is 2.64 bits per heavy atom. The highest BCUT2D eigenvalue weighted by atomic mass is 16.3. The van der Waals surface area contributed by atoms with Gasteiger partial charge in [0.25, 0.3) is 0 Å². The largest absolute Gasteiger partial charge is 0.392 e. The summed E-state index contributed by atoms with van der Waals surface area (Å²) >= 11 is 0. The van der Waals surface area contributed by atoms with Crippen LogP contribution in [0.15, 0.2) is 0 Å². The Hall–Kier alpha value is -0.570. The fraction of sp³-hybridized carbons (Fsp3) is 0.909. The zero-order valence-electron chi connectivity index (χ0n) is 8.99. The summed E-state index contributed by atoms with van der Waals surface area (Å²) in [6, 6.07) is 0.269. The number of aliphatic hydroxyl groups is 1. The van der Waals surface area contributed by atoms with E-state index >= 15 is 0 Å². The van der Waals surface area contributed by atoms with Crippen LogP contribution in [0.4, 0.5) is 0 Å². The molecule has 1 heterocycles. The molecule has 0 aromatic rings. The topological polar surface area (TPSA) is 40.5 Å². The van der Waals surface area contributed by atoms with Gasteiger partial charge in [0.15, 0.2) is 0 Å². The van der Waals surface area contributed by atoms with Crippen LogP contribution in [0, 0.1) is 5.41 Å². The summed E-state index contributed by atoms with van der Waals surface area (Å²) < 4.78 is 0. The SMILES string of the molecule is CC1(C)C(O)CC1N1CCCCC1=O. The second kappa shape index (κ2) is 3.23. The normalized spacial score (nSPS) is 36.8. The lowest BCUT2D eigenvalue weighted by Gasteiger charge is -2.54. The number of hydrogen-bond donors (Lipinski definition) is 1. The van der Waals surface area contributed by atoms with E-state index in [1.807, 2.05) is 18.7 Å². The number of carbonyl (C=O) groups excluding carboxylic acids is 1. The number of likely N-dealkylation sites (tertiary alicyclic amines) is 1. The van der Waals surface area contributed by atoms with Crippen molar-refractivity contribution in [1.29, 1.82) is 0 Å². The average molecular weight is 197 g/mol. The third-order valence-corrected chi connectivity index (χ3v) is 3.90. The molecule has 2 aliphatic rings. The van der Waals surface area contributed by atoms with Crippen molar-refractivity contribution >= 4 is 5.91 Å². The minimum absolute atomic E-state index is 0.104. The van der Waals surface area contributed by atoms with Gasteiger partial charge in [0.1, 0.15) is 0 Å². The van der Waals surface area contributed by atoms with Crippen molar-refractivity contribution in [2.45, 2.75) is 51.7 Å². The molecule has 2 atom stereocenters. The van der Waals surface area contributed by atoms with Crippen molar-refractivity contribution in [2.75, 3.05) is 6.54 Å². The van der Waals surface area contributed by atoms with E-state index in [4.69, 9.17) is 0 Å². The maximum Gasteiger partial charge on any atom is 0.222 e. The first kappa shape index (κ1) is 9.97. The molecule has 1 saturated heterocycles. The third kappa shape index (κ3) is 1.34. The van der Waals surface area contributed by atoms with Crippen molar-refractivity contribution < 1.29 is 9.90 Å². The van der Waals surface area contributed by atoms with Gasteiger partial charge in [-0.1, -0.05) is 13.8 Å². The highest BCUT2D eigenvalue weighted by molar-refractivity contribution is 5.77. The molecule has 1 aliphatic heterocycles. The molecule has 1 saturated carbocycles. The van der Waals surface area contributed by atoms with Crippen LogP contribution in [0.2, 0.25) is 0 Å². The van der Waals surface area contributed by atoms with E-state index in [-0.39, 0.29) is 23.5 Å². The van der Waals surface area contributed by atoms with Crippen LogP contribution in [0.25, 0.3) is 0 Å². The Balaban J connectivity index is 2.05. The van der Waals surface area contributed by atoms with E-state index in [2.05, 4.69) is 0 Å². The molecule has 3 nitrogen and oxygen atoms in total. The van der Waals surface area contributed by atoms with E-state index < -0.39 is 0 Å². The monoisotopic (exact) mass is 197 g/mol. The lowest BCUT2D eigenvalue weighted by atomic mass is 9.63. The van der Waals surface area contributed by atoms with E-state index in [1.54, 1.807) is 0 Å². The van der Waals surface area contributed by atoms with Gasteiger partial charge in [-0.25, -0.2) is 0 Å². The van der Waals surface area contributed by atoms with Gasteiger partial charge in [-0.05, 0) is 19.3 Å². The van der Waals surface area contributed by atoms with Crippen LogP contribution in [-0.2, 0) is 4.79 Å². The molecule has 0 radical (unpaired) electrons. The third-order valence-electron chi connectivity index (χ3n) is 3.90. The summed E-state index contributed by atoms with van der Waals surface area (Å²) in [5.74, 6) is 0.279.